The summed E-state index contributed by atoms with van der Waals surface area (Å²) in [6, 6.07) is 8.75. The monoisotopic (exact) mass is 389 g/mol. The normalized spacial score (nSPS) is 11.6. The average Bonchev–Trinajstić information content (AvgIpc) is 2.62. The minimum absolute atomic E-state index is 0.00839. The fourth-order valence-corrected chi connectivity index (χ4v) is 3.76. The largest absolute Gasteiger partial charge is 0.336 e. The number of carbonyl (C=O) groups is 1. The molecule has 1 aromatic heterocycles. The van der Waals surface area contributed by atoms with E-state index in [0.29, 0.717) is 6.54 Å². The smallest absolute Gasteiger partial charge is 0.240 e. The number of nitrogens with zero attached hydrogens (tertiary/aromatic N) is 2. The average molecular weight is 390 g/mol. The first-order valence-electron chi connectivity index (χ1n) is 8.96. The van der Waals surface area contributed by atoms with E-state index in [1.165, 1.54) is 0 Å². The zero-order valence-corrected chi connectivity index (χ0v) is 17.1. The van der Waals surface area contributed by atoms with Gasteiger partial charge < -0.3 is 4.90 Å². The van der Waals surface area contributed by atoms with Crippen molar-refractivity contribution in [2.24, 2.45) is 0 Å². The molecule has 0 bridgehead atoms. The van der Waals surface area contributed by atoms with E-state index in [9.17, 15) is 13.2 Å². The van der Waals surface area contributed by atoms with Crippen LogP contribution in [0.25, 0.3) is 0 Å². The third kappa shape index (κ3) is 5.87. The van der Waals surface area contributed by atoms with E-state index in [4.69, 9.17) is 0 Å². The third-order valence-electron chi connectivity index (χ3n) is 4.44. The van der Waals surface area contributed by atoms with Crippen LogP contribution in [0, 0.1) is 13.8 Å². The summed E-state index contributed by atoms with van der Waals surface area (Å²) >= 11 is 0. The fraction of sp³-hybridized carbons (Fsp3) is 0.400. The molecule has 2 aromatic rings. The summed E-state index contributed by atoms with van der Waals surface area (Å²) in [6.45, 7) is 8.19. The second kappa shape index (κ2) is 9.10. The van der Waals surface area contributed by atoms with Crippen molar-refractivity contribution < 1.29 is 13.2 Å². The summed E-state index contributed by atoms with van der Waals surface area (Å²) in [5.41, 5.74) is 2.89. The Bertz CT molecular complexity index is 881. The predicted molar refractivity (Wildman–Crippen MR) is 106 cm³/mol. The van der Waals surface area contributed by atoms with Gasteiger partial charge in [0.2, 0.25) is 15.9 Å². The molecule has 0 aliphatic carbocycles. The second-order valence-electron chi connectivity index (χ2n) is 6.87. The van der Waals surface area contributed by atoms with Crippen LogP contribution in [0.15, 0.2) is 47.6 Å². The summed E-state index contributed by atoms with van der Waals surface area (Å²) in [7, 11) is -3.63. The van der Waals surface area contributed by atoms with Crippen molar-refractivity contribution >= 4 is 15.9 Å². The van der Waals surface area contributed by atoms with E-state index in [-0.39, 0.29) is 29.8 Å². The van der Waals surface area contributed by atoms with Gasteiger partial charge >= 0.3 is 0 Å². The van der Waals surface area contributed by atoms with Gasteiger partial charge in [-0.25, -0.2) is 13.1 Å². The summed E-state index contributed by atoms with van der Waals surface area (Å²) in [5, 5.41) is 0. The van der Waals surface area contributed by atoms with Crippen LogP contribution >= 0.6 is 0 Å². The van der Waals surface area contributed by atoms with Crippen LogP contribution in [0.2, 0.25) is 0 Å². The van der Waals surface area contributed by atoms with Crippen LogP contribution in [0.3, 0.4) is 0 Å². The molecule has 0 unspecified atom stereocenters. The third-order valence-corrected chi connectivity index (χ3v) is 5.90. The molecular weight excluding hydrogens is 362 g/mol. The van der Waals surface area contributed by atoms with Gasteiger partial charge in [0, 0.05) is 37.9 Å². The van der Waals surface area contributed by atoms with Gasteiger partial charge in [0.15, 0.2) is 0 Å². The second-order valence-corrected chi connectivity index (χ2v) is 8.64. The maximum atomic E-state index is 12.6. The number of nitrogens with one attached hydrogen (secondary N) is 1. The van der Waals surface area contributed by atoms with E-state index < -0.39 is 10.0 Å². The van der Waals surface area contributed by atoms with Gasteiger partial charge in [0.05, 0.1) is 4.90 Å². The maximum Gasteiger partial charge on any atom is 0.240 e. The molecule has 1 heterocycles. The number of hydrogen-bond acceptors (Lipinski definition) is 4. The number of amides is 1. The molecule has 0 radical (unpaired) electrons. The molecule has 1 amide bonds. The molecule has 1 aromatic carbocycles. The Kier molecular flexibility index (Phi) is 7.10. The van der Waals surface area contributed by atoms with Crippen LogP contribution in [-0.2, 0) is 21.4 Å². The number of rotatable bonds is 8. The van der Waals surface area contributed by atoms with E-state index >= 15 is 0 Å². The van der Waals surface area contributed by atoms with E-state index in [2.05, 4.69) is 9.71 Å². The molecule has 0 fully saturated rings. The Morgan fingerprint density at radius 1 is 1.19 bits per heavy atom. The SMILES string of the molecule is Cc1ccc(S(=O)(=O)NCCC(=O)N(Cc2cccnc2)C(C)C)cc1C. The molecule has 7 heteroatoms. The van der Waals surface area contributed by atoms with Crippen LogP contribution in [0.4, 0.5) is 0 Å². The standard InChI is InChI=1S/C20H27N3O3S/c1-15(2)23(14-18-6-5-10-21-13-18)20(24)9-11-22-27(25,26)19-8-7-16(3)17(4)12-19/h5-8,10,12-13,15,22H,9,11,14H2,1-4H3. The molecule has 6 nitrogen and oxygen atoms in total. The van der Waals surface area contributed by atoms with Crippen LogP contribution in [0.1, 0.15) is 37.0 Å². The van der Waals surface area contributed by atoms with Gasteiger partial charge in [0.1, 0.15) is 0 Å². The van der Waals surface area contributed by atoms with E-state index in [1.54, 1.807) is 35.5 Å². The number of benzene rings is 1. The Hall–Kier alpha value is -2.25. The number of aromatic nitrogens is 1. The molecule has 27 heavy (non-hydrogen) atoms. The Morgan fingerprint density at radius 3 is 2.52 bits per heavy atom. The van der Waals surface area contributed by atoms with Crippen molar-refractivity contribution in [2.45, 2.75) is 51.6 Å². The van der Waals surface area contributed by atoms with Crippen molar-refractivity contribution in [3.05, 3.63) is 59.4 Å². The lowest BCUT2D eigenvalue weighted by atomic mass is 10.1. The summed E-state index contributed by atoms with van der Waals surface area (Å²) in [6.07, 6.45) is 3.51. The number of hydrogen-bond donors (Lipinski definition) is 1. The first-order chi connectivity index (χ1) is 12.7. The number of aryl methyl sites for hydroxylation is 2. The Labute approximate surface area is 161 Å². The van der Waals surface area contributed by atoms with Crippen molar-refractivity contribution in [1.82, 2.24) is 14.6 Å². The number of pyridine rings is 1. The predicted octanol–water partition coefficient (Wildman–Crippen LogP) is 2.80. The van der Waals surface area contributed by atoms with Crippen molar-refractivity contribution in [3.8, 4) is 0 Å². The highest BCUT2D eigenvalue weighted by Crippen LogP contribution is 2.15. The van der Waals surface area contributed by atoms with Crippen LogP contribution in [0.5, 0.6) is 0 Å². The summed E-state index contributed by atoms with van der Waals surface area (Å²) in [4.78, 5) is 18.6. The highest BCUT2D eigenvalue weighted by Gasteiger charge is 2.19. The maximum absolute atomic E-state index is 12.6. The molecule has 2 rings (SSSR count). The van der Waals surface area contributed by atoms with Crippen molar-refractivity contribution in [2.75, 3.05) is 6.54 Å². The molecule has 0 aliphatic rings. The fourth-order valence-electron chi connectivity index (χ4n) is 2.65. The van der Waals surface area contributed by atoms with Crippen molar-refractivity contribution in [1.29, 1.82) is 0 Å². The summed E-state index contributed by atoms with van der Waals surface area (Å²) < 4.78 is 27.4. The molecule has 0 aliphatic heterocycles. The summed E-state index contributed by atoms with van der Waals surface area (Å²) in [5.74, 6) is -0.100. The van der Waals surface area contributed by atoms with Gasteiger partial charge in [-0.3, -0.25) is 9.78 Å². The van der Waals surface area contributed by atoms with Crippen molar-refractivity contribution in [3.63, 3.8) is 0 Å². The first-order valence-corrected chi connectivity index (χ1v) is 10.4. The van der Waals surface area contributed by atoms with Gasteiger partial charge in [-0.1, -0.05) is 12.1 Å². The molecule has 146 valence electrons. The lowest BCUT2D eigenvalue weighted by Gasteiger charge is -2.27. The topological polar surface area (TPSA) is 79.4 Å². The molecule has 0 spiro atoms. The highest BCUT2D eigenvalue weighted by molar-refractivity contribution is 7.89. The lowest BCUT2D eigenvalue weighted by Crippen LogP contribution is -2.38. The van der Waals surface area contributed by atoms with Crippen LogP contribution < -0.4 is 4.72 Å². The Morgan fingerprint density at radius 2 is 1.93 bits per heavy atom. The molecule has 0 saturated heterocycles. The lowest BCUT2D eigenvalue weighted by molar-refractivity contribution is -0.133. The Balaban J connectivity index is 1.97. The molecule has 0 atom stereocenters. The van der Waals surface area contributed by atoms with Gasteiger partial charge in [-0.05, 0) is 62.6 Å². The zero-order chi connectivity index (χ0) is 20.0. The van der Waals surface area contributed by atoms with Crippen LogP contribution in [-0.4, -0.2) is 36.8 Å². The molecule has 0 saturated carbocycles. The highest BCUT2D eigenvalue weighted by atomic mass is 32.2. The minimum atomic E-state index is -3.63. The van der Waals surface area contributed by atoms with Gasteiger partial charge in [-0.15, -0.1) is 0 Å². The van der Waals surface area contributed by atoms with Gasteiger partial charge in [0.25, 0.3) is 0 Å². The number of carbonyl (C=O) groups excluding carboxylic acids is 1. The first kappa shape index (κ1) is 21.1. The zero-order valence-electron chi connectivity index (χ0n) is 16.3. The van der Waals surface area contributed by atoms with E-state index in [1.807, 2.05) is 39.8 Å². The molecule has 1 N–H and O–H groups in total. The van der Waals surface area contributed by atoms with Gasteiger partial charge in [-0.2, -0.15) is 0 Å². The van der Waals surface area contributed by atoms with E-state index in [0.717, 1.165) is 16.7 Å². The molecular formula is C20H27N3O3S. The quantitative estimate of drug-likeness (QED) is 0.753. The number of sulfonamides is 1. The minimum Gasteiger partial charge on any atom is -0.336 e.